The van der Waals surface area contributed by atoms with E-state index in [0.717, 1.165) is 53.7 Å². The van der Waals surface area contributed by atoms with Crippen LogP contribution in [0.1, 0.15) is 112 Å². The molecule has 35 heavy (non-hydrogen) atoms. The molecular formula is C28H41NO5S. The molecule has 1 amide bonds. The van der Waals surface area contributed by atoms with Gasteiger partial charge in [-0.05, 0) is 64.9 Å². The van der Waals surface area contributed by atoms with Gasteiger partial charge in [0.05, 0.1) is 24.0 Å². The summed E-state index contributed by atoms with van der Waals surface area (Å²) in [6, 6.07) is 0. The number of amides is 1. The Hall–Kier alpha value is -2.15. The number of ether oxygens (including phenoxy) is 1. The SMILES string of the molecule is CCOC(=O)c1c(NC(=O)[C@H]2CC(C)=C(C)C[C@@H]2C(=O)O)sc2c1CCCCCCCCCCC2. The van der Waals surface area contributed by atoms with Crippen molar-refractivity contribution in [3.63, 3.8) is 0 Å². The van der Waals surface area contributed by atoms with Gasteiger partial charge in [0.1, 0.15) is 5.00 Å². The number of hydrogen-bond donors (Lipinski definition) is 2. The number of carbonyl (C=O) groups excluding carboxylic acids is 2. The third-order valence-corrected chi connectivity index (χ3v) is 8.77. The van der Waals surface area contributed by atoms with Crippen molar-refractivity contribution in [2.45, 2.75) is 104 Å². The molecule has 0 saturated carbocycles. The summed E-state index contributed by atoms with van der Waals surface area (Å²) < 4.78 is 5.42. The van der Waals surface area contributed by atoms with E-state index in [0.29, 0.717) is 23.4 Å². The first-order valence-electron chi connectivity index (χ1n) is 13.3. The van der Waals surface area contributed by atoms with Crippen LogP contribution in [-0.4, -0.2) is 29.6 Å². The molecular weight excluding hydrogens is 462 g/mol. The molecule has 0 radical (unpaired) electrons. The average Bonchev–Trinajstić information content (AvgIpc) is 3.15. The van der Waals surface area contributed by atoms with Crippen LogP contribution in [0.3, 0.4) is 0 Å². The number of esters is 1. The van der Waals surface area contributed by atoms with Gasteiger partial charge in [0.25, 0.3) is 0 Å². The van der Waals surface area contributed by atoms with Gasteiger partial charge >= 0.3 is 11.9 Å². The Morgan fingerprint density at radius 1 is 0.886 bits per heavy atom. The number of carboxylic acid groups (broad SMARTS) is 1. The molecule has 2 aliphatic rings. The van der Waals surface area contributed by atoms with Crippen LogP contribution < -0.4 is 5.32 Å². The van der Waals surface area contributed by atoms with Crippen molar-refractivity contribution in [2.75, 3.05) is 11.9 Å². The topological polar surface area (TPSA) is 92.7 Å². The second-order valence-corrected chi connectivity index (χ2v) is 11.2. The third kappa shape index (κ3) is 7.18. The molecule has 2 N–H and O–H groups in total. The predicted octanol–water partition coefficient (Wildman–Crippen LogP) is 6.92. The van der Waals surface area contributed by atoms with Crippen LogP contribution in [-0.2, 0) is 27.2 Å². The molecule has 7 heteroatoms. The van der Waals surface area contributed by atoms with E-state index < -0.39 is 23.8 Å². The molecule has 1 heterocycles. The molecule has 1 aromatic heterocycles. The van der Waals surface area contributed by atoms with Crippen LogP contribution in [0.25, 0.3) is 0 Å². The third-order valence-electron chi connectivity index (χ3n) is 7.56. The molecule has 2 atom stereocenters. The van der Waals surface area contributed by atoms with Gasteiger partial charge in [-0.1, -0.05) is 56.1 Å². The lowest BCUT2D eigenvalue weighted by Gasteiger charge is -2.29. The van der Waals surface area contributed by atoms with Crippen LogP contribution >= 0.6 is 11.3 Å². The quantitative estimate of drug-likeness (QED) is 0.336. The number of hydrogen-bond acceptors (Lipinski definition) is 5. The first-order chi connectivity index (χ1) is 16.8. The Kier molecular flexibility index (Phi) is 10.4. The Balaban J connectivity index is 1.92. The second kappa shape index (κ2) is 13.2. The van der Waals surface area contributed by atoms with Gasteiger partial charge in [-0.3, -0.25) is 9.59 Å². The maximum atomic E-state index is 13.4. The minimum Gasteiger partial charge on any atom is -0.481 e. The second-order valence-electron chi connectivity index (χ2n) is 10.1. The maximum absolute atomic E-state index is 13.4. The van der Waals surface area contributed by atoms with Crippen molar-refractivity contribution < 1.29 is 24.2 Å². The minimum absolute atomic E-state index is 0.268. The molecule has 2 aliphatic carbocycles. The van der Waals surface area contributed by atoms with E-state index in [4.69, 9.17) is 4.74 Å². The first-order valence-corrected chi connectivity index (χ1v) is 14.2. The number of fused-ring (bicyclic) bond motifs is 1. The van der Waals surface area contributed by atoms with Crippen LogP contribution in [0.2, 0.25) is 0 Å². The van der Waals surface area contributed by atoms with E-state index in [1.165, 1.54) is 49.9 Å². The van der Waals surface area contributed by atoms with E-state index in [9.17, 15) is 19.5 Å². The van der Waals surface area contributed by atoms with Crippen LogP contribution in [0.4, 0.5) is 5.00 Å². The molecule has 0 spiro atoms. The number of carboxylic acids is 1. The molecule has 3 rings (SSSR count). The van der Waals surface area contributed by atoms with E-state index in [2.05, 4.69) is 5.32 Å². The summed E-state index contributed by atoms with van der Waals surface area (Å²) in [6.07, 6.45) is 13.2. The van der Waals surface area contributed by atoms with Crippen molar-refractivity contribution in [1.29, 1.82) is 0 Å². The minimum atomic E-state index is -0.948. The number of aliphatic carboxylic acids is 1. The normalized spacial score (nSPS) is 22.3. The summed E-state index contributed by atoms with van der Waals surface area (Å²) in [5, 5.41) is 13.3. The Labute approximate surface area is 213 Å². The van der Waals surface area contributed by atoms with Gasteiger partial charge in [-0.2, -0.15) is 0 Å². The summed E-state index contributed by atoms with van der Waals surface area (Å²) in [6.45, 7) is 5.96. The zero-order valence-electron chi connectivity index (χ0n) is 21.5. The van der Waals surface area contributed by atoms with Crippen molar-refractivity contribution in [3.8, 4) is 0 Å². The Morgan fingerprint density at radius 2 is 1.43 bits per heavy atom. The van der Waals surface area contributed by atoms with Gasteiger partial charge in [-0.15, -0.1) is 11.3 Å². The number of rotatable bonds is 5. The molecule has 194 valence electrons. The number of anilines is 1. The lowest BCUT2D eigenvalue weighted by Crippen LogP contribution is -2.36. The average molecular weight is 504 g/mol. The smallest absolute Gasteiger partial charge is 0.341 e. The predicted molar refractivity (Wildman–Crippen MR) is 140 cm³/mol. The Morgan fingerprint density at radius 3 is 2.00 bits per heavy atom. The van der Waals surface area contributed by atoms with Crippen LogP contribution in [0, 0.1) is 11.8 Å². The van der Waals surface area contributed by atoms with Crippen molar-refractivity contribution >= 4 is 34.2 Å². The van der Waals surface area contributed by atoms with Gasteiger partial charge in [0.2, 0.25) is 5.91 Å². The first kappa shape index (κ1) is 27.4. The molecule has 0 aromatic carbocycles. The molecule has 1 aromatic rings. The summed E-state index contributed by atoms with van der Waals surface area (Å²) >= 11 is 1.48. The van der Waals surface area contributed by atoms with Gasteiger partial charge < -0.3 is 15.2 Å². The maximum Gasteiger partial charge on any atom is 0.341 e. The van der Waals surface area contributed by atoms with Crippen LogP contribution in [0.15, 0.2) is 11.1 Å². The van der Waals surface area contributed by atoms with E-state index in [1.807, 2.05) is 13.8 Å². The fourth-order valence-electron chi connectivity index (χ4n) is 5.34. The molecule has 0 saturated heterocycles. The molecule has 6 nitrogen and oxygen atoms in total. The monoisotopic (exact) mass is 503 g/mol. The number of allylic oxidation sites excluding steroid dienone is 2. The zero-order chi connectivity index (χ0) is 25.4. The van der Waals surface area contributed by atoms with Crippen molar-refractivity contribution in [2.24, 2.45) is 11.8 Å². The molecule has 0 bridgehead atoms. The number of nitrogens with one attached hydrogen (secondary N) is 1. The van der Waals surface area contributed by atoms with Crippen molar-refractivity contribution in [3.05, 3.63) is 27.2 Å². The van der Waals surface area contributed by atoms with E-state index >= 15 is 0 Å². The van der Waals surface area contributed by atoms with Gasteiger partial charge in [0.15, 0.2) is 0 Å². The highest BCUT2D eigenvalue weighted by atomic mass is 32.1. The van der Waals surface area contributed by atoms with Gasteiger partial charge in [-0.25, -0.2) is 4.79 Å². The highest BCUT2D eigenvalue weighted by Gasteiger charge is 2.38. The summed E-state index contributed by atoms with van der Waals surface area (Å²) in [5.41, 5.74) is 3.62. The lowest BCUT2D eigenvalue weighted by molar-refractivity contribution is -0.146. The standard InChI is InChI=1S/C28H41NO5S/c1-4-34-28(33)24-20-14-12-10-8-6-5-7-9-11-13-15-23(20)35-26(24)29-25(30)21-16-18(2)19(3)17-22(21)27(31)32/h21-22H,4-17H2,1-3H3,(H,29,30)(H,31,32)/t21-,22-/m0/s1. The molecule has 0 aliphatic heterocycles. The fourth-order valence-corrected chi connectivity index (χ4v) is 6.62. The summed E-state index contributed by atoms with van der Waals surface area (Å²) in [5.74, 6) is -3.07. The van der Waals surface area contributed by atoms with Crippen LogP contribution in [0.5, 0.6) is 0 Å². The van der Waals surface area contributed by atoms with E-state index in [-0.39, 0.29) is 12.5 Å². The summed E-state index contributed by atoms with van der Waals surface area (Å²) in [7, 11) is 0. The molecule has 0 unspecified atom stereocenters. The number of aryl methyl sites for hydroxylation is 1. The Bertz CT molecular complexity index is 947. The zero-order valence-corrected chi connectivity index (χ0v) is 22.4. The van der Waals surface area contributed by atoms with E-state index in [1.54, 1.807) is 6.92 Å². The van der Waals surface area contributed by atoms with Gasteiger partial charge in [0, 0.05) is 4.88 Å². The lowest BCUT2D eigenvalue weighted by atomic mass is 9.76. The van der Waals surface area contributed by atoms with Crippen molar-refractivity contribution in [1.82, 2.24) is 0 Å². The highest BCUT2D eigenvalue weighted by Crippen LogP contribution is 2.39. The molecule has 0 fully saturated rings. The largest absolute Gasteiger partial charge is 0.481 e. The fraction of sp³-hybridized carbons (Fsp3) is 0.679. The summed E-state index contributed by atoms with van der Waals surface area (Å²) in [4.78, 5) is 39.6. The number of thiophene rings is 1. The highest BCUT2D eigenvalue weighted by molar-refractivity contribution is 7.17. The number of carbonyl (C=O) groups is 3.